The summed E-state index contributed by atoms with van der Waals surface area (Å²) in [4.78, 5) is 15.8. The first kappa shape index (κ1) is 30.3. The largest absolute Gasteiger partial charge is 0.486 e. The summed E-state index contributed by atoms with van der Waals surface area (Å²) in [5.41, 5.74) is 1.63. The zero-order valence-electron chi connectivity index (χ0n) is 22.5. The Labute approximate surface area is 243 Å². The molecule has 0 radical (unpaired) electrons. The lowest BCUT2D eigenvalue weighted by atomic mass is 10.1. The molecule has 41 heavy (non-hydrogen) atoms. The highest BCUT2D eigenvalue weighted by Crippen LogP contribution is 2.40. The van der Waals surface area contributed by atoms with Crippen LogP contribution in [0, 0.1) is 12.7 Å². The average molecular weight is 605 g/mol. The Morgan fingerprint density at radius 3 is 2.80 bits per heavy atom. The van der Waals surface area contributed by atoms with E-state index in [4.69, 9.17) is 30.9 Å². The van der Waals surface area contributed by atoms with Crippen molar-refractivity contribution in [3.8, 4) is 11.6 Å². The molecule has 1 atom stereocenters. The van der Waals surface area contributed by atoms with Gasteiger partial charge < -0.3 is 19.3 Å². The van der Waals surface area contributed by atoms with Gasteiger partial charge in [0.2, 0.25) is 5.88 Å². The molecule has 9 nitrogen and oxygen atoms in total. The van der Waals surface area contributed by atoms with Crippen molar-refractivity contribution >= 4 is 45.4 Å². The molecule has 4 rings (SSSR count). The Hall–Kier alpha value is -3.67. The molecular formula is C29H30ClFN2O7S. The summed E-state index contributed by atoms with van der Waals surface area (Å²) in [6.07, 6.45) is 4.54. The number of aryl methyl sites for hydroxylation is 1. The van der Waals surface area contributed by atoms with E-state index in [9.17, 15) is 17.6 Å². The van der Waals surface area contributed by atoms with Gasteiger partial charge in [-0.05, 0) is 60.9 Å². The van der Waals surface area contributed by atoms with E-state index < -0.39 is 27.9 Å². The predicted molar refractivity (Wildman–Crippen MR) is 153 cm³/mol. The van der Waals surface area contributed by atoms with Crippen molar-refractivity contribution in [2.75, 3.05) is 31.2 Å². The lowest BCUT2D eigenvalue weighted by Crippen LogP contribution is -2.44. The summed E-state index contributed by atoms with van der Waals surface area (Å²) in [6.45, 7) is 1.57. The van der Waals surface area contributed by atoms with E-state index >= 15 is 0 Å². The zero-order chi connectivity index (χ0) is 29.6. The zero-order valence-corrected chi connectivity index (χ0v) is 24.1. The van der Waals surface area contributed by atoms with E-state index in [0.717, 1.165) is 0 Å². The Morgan fingerprint density at radius 1 is 1.27 bits per heavy atom. The number of carbonyl (C=O) groups is 1. The number of aromatic nitrogens is 1. The van der Waals surface area contributed by atoms with E-state index in [1.54, 1.807) is 37.3 Å². The van der Waals surface area contributed by atoms with Crippen LogP contribution in [0.15, 0.2) is 53.6 Å². The van der Waals surface area contributed by atoms with Gasteiger partial charge in [-0.2, -0.15) is 0 Å². The summed E-state index contributed by atoms with van der Waals surface area (Å²) >= 11 is 6.15. The second-order valence-corrected chi connectivity index (χ2v) is 11.6. The molecule has 0 amide bonds. The lowest BCUT2D eigenvalue weighted by molar-refractivity contribution is -0.141. The van der Waals surface area contributed by atoms with Gasteiger partial charge in [-0.1, -0.05) is 29.8 Å². The fraction of sp³-hybridized carbons (Fsp3) is 0.310. The van der Waals surface area contributed by atoms with Gasteiger partial charge in [0.15, 0.2) is 0 Å². The highest BCUT2D eigenvalue weighted by atomic mass is 35.5. The quantitative estimate of drug-likeness (QED) is 0.184. The number of halogens is 2. The average Bonchev–Trinajstić information content (AvgIpc) is 2.96. The van der Waals surface area contributed by atoms with Crippen LogP contribution in [0.4, 0.5) is 10.1 Å². The number of hydrogen-bond acceptors (Lipinski definition) is 8. The van der Waals surface area contributed by atoms with Gasteiger partial charge in [0.05, 0.1) is 31.0 Å². The first-order valence-corrected chi connectivity index (χ1v) is 14.7. The van der Waals surface area contributed by atoms with Gasteiger partial charge in [-0.3, -0.25) is 9.10 Å². The number of benzene rings is 2. The van der Waals surface area contributed by atoms with Gasteiger partial charge in [0.1, 0.15) is 22.6 Å². The van der Waals surface area contributed by atoms with Crippen LogP contribution >= 0.6 is 11.6 Å². The minimum atomic E-state index is -4.26. The molecule has 2 aromatic carbocycles. The molecule has 0 saturated carbocycles. The van der Waals surface area contributed by atoms with E-state index in [-0.39, 0.29) is 59.6 Å². The van der Waals surface area contributed by atoms with E-state index in [1.165, 1.54) is 41.9 Å². The number of fused-ring (bicyclic) bond motifs is 1. The Bertz CT molecular complexity index is 1530. The number of pyridine rings is 1. The third-order valence-electron chi connectivity index (χ3n) is 6.32. The molecule has 3 aromatic rings. The minimum Gasteiger partial charge on any atom is -0.486 e. The predicted octanol–water partition coefficient (Wildman–Crippen LogP) is 5.02. The molecule has 2 heterocycles. The Balaban J connectivity index is 1.76. The maximum absolute atomic E-state index is 14.3. The molecule has 0 unspecified atom stereocenters. The molecule has 1 aromatic heterocycles. The number of sulfonamides is 1. The van der Waals surface area contributed by atoms with Gasteiger partial charge in [0, 0.05) is 31.2 Å². The second kappa shape index (κ2) is 13.3. The summed E-state index contributed by atoms with van der Waals surface area (Å²) in [5.74, 6) is -0.732. The molecular weight excluding hydrogens is 575 g/mol. The first-order chi connectivity index (χ1) is 19.6. The van der Waals surface area contributed by atoms with Crippen molar-refractivity contribution in [1.29, 1.82) is 0 Å². The fourth-order valence-electron chi connectivity index (χ4n) is 4.22. The van der Waals surface area contributed by atoms with Crippen LogP contribution in [0.3, 0.4) is 0 Å². The van der Waals surface area contributed by atoms with Crippen LogP contribution in [0.2, 0.25) is 5.02 Å². The molecule has 0 fully saturated rings. The van der Waals surface area contributed by atoms with Gasteiger partial charge in [-0.15, -0.1) is 0 Å². The third kappa shape index (κ3) is 7.16. The molecule has 1 aliphatic rings. The van der Waals surface area contributed by atoms with Crippen molar-refractivity contribution in [1.82, 2.24) is 4.98 Å². The number of carbonyl (C=O) groups excluding carboxylic acids is 1. The Morgan fingerprint density at radius 2 is 2.07 bits per heavy atom. The van der Waals surface area contributed by atoms with Crippen LogP contribution in [-0.2, 0) is 19.6 Å². The summed E-state index contributed by atoms with van der Waals surface area (Å²) in [6, 6.07) is 10.8. The number of nitrogens with zero attached hydrogens (tertiary/aromatic N) is 2. The molecule has 0 spiro atoms. The highest BCUT2D eigenvalue weighted by Gasteiger charge is 2.37. The minimum absolute atomic E-state index is 0.0378. The third-order valence-corrected chi connectivity index (χ3v) is 8.42. The van der Waals surface area contributed by atoms with Crippen molar-refractivity contribution in [3.05, 3.63) is 76.2 Å². The van der Waals surface area contributed by atoms with E-state index in [2.05, 4.69) is 4.98 Å². The molecule has 12 heteroatoms. The summed E-state index contributed by atoms with van der Waals surface area (Å²) in [5, 5.41) is 9.37. The molecule has 0 bridgehead atoms. The number of aliphatic hydroxyl groups excluding tert-OH is 1. The number of hydrogen-bond donors (Lipinski definition) is 1. The topological polar surface area (TPSA) is 115 Å². The van der Waals surface area contributed by atoms with Gasteiger partial charge >= 0.3 is 5.97 Å². The lowest BCUT2D eigenvalue weighted by Gasteiger charge is -2.35. The van der Waals surface area contributed by atoms with E-state index in [0.29, 0.717) is 23.3 Å². The van der Waals surface area contributed by atoms with Crippen molar-refractivity contribution in [3.63, 3.8) is 0 Å². The Kier molecular flexibility index (Phi) is 9.85. The monoisotopic (exact) mass is 604 g/mol. The maximum atomic E-state index is 14.3. The maximum Gasteiger partial charge on any atom is 0.305 e. The number of ether oxygens (including phenoxy) is 3. The normalized spacial score (nSPS) is 15.0. The van der Waals surface area contributed by atoms with Crippen LogP contribution < -0.4 is 13.8 Å². The van der Waals surface area contributed by atoms with Crippen LogP contribution in [-0.4, -0.2) is 57.4 Å². The fourth-order valence-corrected chi connectivity index (χ4v) is 6.11. The highest BCUT2D eigenvalue weighted by molar-refractivity contribution is 7.93. The van der Waals surface area contributed by atoms with Crippen molar-refractivity contribution < 1.29 is 36.9 Å². The SMILES string of the molecule is COC(=O)CC[C@H]1CN(S(=O)(=O)c2cc(C)cnc2OCCCO)c2cc(/C=C/c3c(F)cccc3Cl)ccc2O1. The van der Waals surface area contributed by atoms with Crippen LogP contribution in [0.1, 0.15) is 36.0 Å². The molecule has 0 aliphatic carbocycles. The number of esters is 1. The molecule has 1 N–H and O–H groups in total. The molecule has 1 aliphatic heterocycles. The van der Waals surface area contributed by atoms with Crippen molar-refractivity contribution in [2.45, 2.75) is 37.2 Å². The second-order valence-electron chi connectivity index (χ2n) is 9.33. The smallest absolute Gasteiger partial charge is 0.305 e. The number of rotatable bonds is 11. The number of methoxy groups -OCH3 is 1. The summed E-state index contributed by atoms with van der Waals surface area (Å²) in [7, 11) is -2.98. The van der Waals surface area contributed by atoms with Gasteiger partial charge in [0.25, 0.3) is 10.0 Å². The van der Waals surface area contributed by atoms with E-state index in [1.807, 2.05) is 0 Å². The number of anilines is 1. The van der Waals surface area contributed by atoms with Crippen LogP contribution in [0.5, 0.6) is 11.6 Å². The molecule has 0 saturated heterocycles. The standard InChI is InChI=1S/C29H30ClFN2O7S/c1-19-15-27(29(32-17-19)39-14-4-13-34)41(36,37)33-18-21(9-12-28(35)38-2)40-26-11-8-20(16-25(26)33)7-10-22-23(30)5-3-6-24(22)31/h3,5-8,10-11,15-17,21,34H,4,9,12-14,18H2,1-2H3/b10-7+/t21-/m0/s1. The van der Waals surface area contributed by atoms with Gasteiger partial charge in [-0.25, -0.2) is 17.8 Å². The van der Waals surface area contributed by atoms with Crippen LogP contribution in [0.25, 0.3) is 12.2 Å². The molecule has 218 valence electrons. The first-order valence-electron chi connectivity index (χ1n) is 12.9. The number of aliphatic hydroxyl groups is 1. The van der Waals surface area contributed by atoms with Crippen molar-refractivity contribution in [2.24, 2.45) is 0 Å². The summed E-state index contributed by atoms with van der Waals surface area (Å²) < 4.78 is 60.3.